The maximum absolute atomic E-state index is 10.7. The third-order valence-electron chi connectivity index (χ3n) is 2.44. The Labute approximate surface area is 72.2 Å². The lowest BCUT2D eigenvalue weighted by atomic mass is 9.80. The number of carbonyl (C=O) groups excluding carboxylic acids is 1. The predicted octanol–water partition coefficient (Wildman–Crippen LogP) is 0.911. The van der Waals surface area contributed by atoms with E-state index in [1.54, 1.807) is 7.11 Å². The van der Waals surface area contributed by atoms with Gasteiger partial charge in [0, 0.05) is 13.7 Å². The van der Waals surface area contributed by atoms with Crippen molar-refractivity contribution in [2.24, 2.45) is 0 Å². The molecule has 1 aliphatic rings. The molecular weight excluding hydrogens is 158 g/mol. The van der Waals surface area contributed by atoms with Gasteiger partial charge < -0.3 is 14.8 Å². The topological polar surface area (TPSA) is 47.6 Å². The molecule has 0 atom stereocenters. The van der Waals surface area contributed by atoms with Crippen LogP contribution >= 0.6 is 0 Å². The molecule has 0 bridgehead atoms. The molecule has 1 rings (SSSR count). The highest BCUT2D eigenvalue weighted by molar-refractivity contribution is 5.66. The first kappa shape index (κ1) is 9.32. The largest absolute Gasteiger partial charge is 0.453 e. The molecule has 0 spiro atoms. The Hall–Kier alpha value is -0.770. The molecule has 70 valence electrons. The Morgan fingerprint density at radius 3 is 2.50 bits per heavy atom. The highest BCUT2D eigenvalue weighted by Crippen LogP contribution is 2.34. The SMILES string of the molecule is COC(=O)NCC1(OC)CCC1. The van der Waals surface area contributed by atoms with E-state index in [0.29, 0.717) is 6.54 Å². The summed E-state index contributed by atoms with van der Waals surface area (Å²) in [7, 11) is 3.04. The zero-order valence-corrected chi connectivity index (χ0v) is 7.55. The lowest BCUT2D eigenvalue weighted by Gasteiger charge is -2.40. The Morgan fingerprint density at radius 1 is 1.50 bits per heavy atom. The molecule has 0 aromatic rings. The Morgan fingerprint density at radius 2 is 2.17 bits per heavy atom. The molecule has 4 nitrogen and oxygen atoms in total. The molecule has 0 aromatic carbocycles. The highest BCUT2D eigenvalue weighted by atomic mass is 16.5. The number of hydrogen-bond donors (Lipinski definition) is 1. The lowest BCUT2D eigenvalue weighted by Crippen LogP contribution is -2.49. The molecule has 1 N–H and O–H groups in total. The van der Waals surface area contributed by atoms with Gasteiger partial charge in [-0.25, -0.2) is 4.79 Å². The van der Waals surface area contributed by atoms with Gasteiger partial charge >= 0.3 is 6.09 Å². The van der Waals surface area contributed by atoms with E-state index >= 15 is 0 Å². The van der Waals surface area contributed by atoms with E-state index in [9.17, 15) is 4.79 Å². The van der Waals surface area contributed by atoms with Gasteiger partial charge in [-0.2, -0.15) is 0 Å². The summed E-state index contributed by atoms with van der Waals surface area (Å²) < 4.78 is 9.75. The molecule has 0 aromatic heterocycles. The molecule has 1 fully saturated rings. The van der Waals surface area contributed by atoms with Crippen LogP contribution in [0.15, 0.2) is 0 Å². The van der Waals surface area contributed by atoms with Crippen LogP contribution in [0.4, 0.5) is 4.79 Å². The number of carbonyl (C=O) groups is 1. The highest BCUT2D eigenvalue weighted by Gasteiger charge is 2.37. The van der Waals surface area contributed by atoms with E-state index in [-0.39, 0.29) is 5.60 Å². The van der Waals surface area contributed by atoms with E-state index in [4.69, 9.17) is 4.74 Å². The first-order valence-electron chi connectivity index (χ1n) is 4.09. The molecule has 0 heterocycles. The number of methoxy groups -OCH3 is 2. The van der Waals surface area contributed by atoms with Crippen LogP contribution in [0.3, 0.4) is 0 Å². The van der Waals surface area contributed by atoms with Gasteiger partial charge in [-0.05, 0) is 19.3 Å². The quantitative estimate of drug-likeness (QED) is 0.690. The van der Waals surface area contributed by atoms with Gasteiger partial charge in [0.25, 0.3) is 0 Å². The van der Waals surface area contributed by atoms with Crippen molar-refractivity contribution in [1.82, 2.24) is 5.32 Å². The molecule has 12 heavy (non-hydrogen) atoms. The van der Waals surface area contributed by atoms with Gasteiger partial charge in [-0.15, -0.1) is 0 Å². The maximum atomic E-state index is 10.7. The Bertz CT molecular complexity index is 160. The van der Waals surface area contributed by atoms with Gasteiger partial charge in [0.15, 0.2) is 0 Å². The van der Waals surface area contributed by atoms with Crippen LogP contribution < -0.4 is 5.32 Å². The molecule has 4 heteroatoms. The summed E-state index contributed by atoms with van der Waals surface area (Å²) in [6.07, 6.45) is 2.83. The lowest BCUT2D eigenvalue weighted by molar-refractivity contribution is -0.0684. The molecule has 0 aliphatic heterocycles. The van der Waals surface area contributed by atoms with Crippen molar-refractivity contribution in [2.45, 2.75) is 24.9 Å². The van der Waals surface area contributed by atoms with Gasteiger partial charge in [0.1, 0.15) is 0 Å². The maximum Gasteiger partial charge on any atom is 0.406 e. The van der Waals surface area contributed by atoms with Gasteiger partial charge in [-0.3, -0.25) is 0 Å². The van der Waals surface area contributed by atoms with Gasteiger partial charge in [0.05, 0.1) is 12.7 Å². The second-order valence-corrected chi connectivity index (χ2v) is 3.09. The molecular formula is C8H15NO3. The van der Waals surface area contributed by atoms with E-state index in [2.05, 4.69) is 10.1 Å². The fourth-order valence-corrected chi connectivity index (χ4v) is 1.33. The van der Waals surface area contributed by atoms with E-state index in [1.165, 1.54) is 13.5 Å². The number of rotatable bonds is 3. The minimum Gasteiger partial charge on any atom is -0.453 e. The van der Waals surface area contributed by atoms with Crippen molar-refractivity contribution in [1.29, 1.82) is 0 Å². The summed E-state index contributed by atoms with van der Waals surface area (Å²) in [6, 6.07) is 0. The van der Waals surface area contributed by atoms with Crippen LogP contribution in [-0.4, -0.2) is 32.5 Å². The fraction of sp³-hybridized carbons (Fsp3) is 0.875. The molecule has 1 amide bonds. The monoisotopic (exact) mass is 173 g/mol. The predicted molar refractivity (Wildman–Crippen MR) is 44.0 cm³/mol. The van der Waals surface area contributed by atoms with E-state index < -0.39 is 6.09 Å². The van der Waals surface area contributed by atoms with E-state index in [1.807, 2.05) is 0 Å². The molecule has 1 aliphatic carbocycles. The smallest absolute Gasteiger partial charge is 0.406 e. The van der Waals surface area contributed by atoms with Crippen LogP contribution in [0.1, 0.15) is 19.3 Å². The molecule has 1 saturated carbocycles. The van der Waals surface area contributed by atoms with Crippen LogP contribution in [0, 0.1) is 0 Å². The van der Waals surface area contributed by atoms with Crippen molar-refractivity contribution in [3.05, 3.63) is 0 Å². The Kier molecular flexibility index (Phi) is 2.92. The fourth-order valence-electron chi connectivity index (χ4n) is 1.33. The molecule has 0 saturated heterocycles. The first-order valence-corrected chi connectivity index (χ1v) is 4.09. The van der Waals surface area contributed by atoms with Crippen molar-refractivity contribution < 1.29 is 14.3 Å². The summed E-state index contributed by atoms with van der Waals surface area (Å²) in [6.45, 7) is 0.552. The van der Waals surface area contributed by atoms with Crippen LogP contribution in [0.25, 0.3) is 0 Å². The number of alkyl carbamates (subject to hydrolysis) is 1. The van der Waals surface area contributed by atoms with Crippen molar-refractivity contribution in [2.75, 3.05) is 20.8 Å². The summed E-state index contributed by atoms with van der Waals surface area (Å²) in [5.41, 5.74) is -0.117. The summed E-state index contributed by atoms with van der Waals surface area (Å²) >= 11 is 0. The molecule has 0 radical (unpaired) electrons. The van der Waals surface area contributed by atoms with Gasteiger partial charge in [-0.1, -0.05) is 0 Å². The van der Waals surface area contributed by atoms with Crippen LogP contribution in [0.5, 0.6) is 0 Å². The standard InChI is InChI=1S/C8H15NO3/c1-11-7(10)9-6-8(12-2)4-3-5-8/h3-6H2,1-2H3,(H,9,10). The van der Waals surface area contributed by atoms with Crippen molar-refractivity contribution in [3.63, 3.8) is 0 Å². The zero-order chi connectivity index (χ0) is 9.03. The number of hydrogen-bond acceptors (Lipinski definition) is 3. The van der Waals surface area contributed by atoms with Gasteiger partial charge in [0.2, 0.25) is 0 Å². The zero-order valence-electron chi connectivity index (χ0n) is 7.55. The second kappa shape index (κ2) is 3.76. The van der Waals surface area contributed by atoms with Crippen molar-refractivity contribution >= 4 is 6.09 Å². The third kappa shape index (κ3) is 1.88. The minimum absolute atomic E-state index is 0.117. The van der Waals surface area contributed by atoms with Crippen LogP contribution in [0.2, 0.25) is 0 Å². The number of ether oxygens (including phenoxy) is 2. The number of nitrogens with one attached hydrogen (secondary N) is 1. The second-order valence-electron chi connectivity index (χ2n) is 3.09. The minimum atomic E-state index is -0.390. The van der Waals surface area contributed by atoms with Crippen LogP contribution in [-0.2, 0) is 9.47 Å². The Balaban J connectivity index is 2.24. The summed E-state index contributed by atoms with van der Waals surface area (Å²) in [5, 5.41) is 2.64. The summed E-state index contributed by atoms with van der Waals surface area (Å²) in [5.74, 6) is 0. The number of amides is 1. The average Bonchev–Trinajstić information content (AvgIpc) is 2.03. The van der Waals surface area contributed by atoms with E-state index in [0.717, 1.165) is 12.8 Å². The average molecular weight is 173 g/mol. The normalized spacial score (nSPS) is 19.5. The molecule has 0 unspecified atom stereocenters. The first-order chi connectivity index (χ1) is 5.72. The third-order valence-corrected chi connectivity index (χ3v) is 2.44. The van der Waals surface area contributed by atoms with Crippen molar-refractivity contribution in [3.8, 4) is 0 Å². The summed E-state index contributed by atoms with van der Waals surface area (Å²) in [4.78, 5) is 10.7.